The average Bonchev–Trinajstić information content (AvgIpc) is 3.31. The van der Waals surface area contributed by atoms with Gasteiger partial charge in [0.1, 0.15) is 11.9 Å². The summed E-state index contributed by atoms with van der Waals surface area (Å²) in [7, 11) is 0. The molecule has 2 heterocycles. The van der Waals surface area contributed by atoms with Crippen molar-refractivity contribution < 1.29 is 4.39 Å². The SMILES string of the molecule is Cc1sc2nc(Cc3cccc(C#N)c3F)cc(=O)n2c1C1CC1C#N. The van der Waals surface area contributed by atoms with Gasteiger partial charge in [0.15, 0.2) is 4.96 Å². The van der Waals surface area contributed by atoms with Gasteiger partial charge in [-0.05, 0) is 25.0 Å². The Kier molecular flexibility index (Phi) is 3.82. The lowest BCUT2D eigenvalue weighted by Gasteiger charge is -2.05. The maximum Gasteiger partial charge on any atom is 0.258 e. The van der Waals surface area contributed by atoms with E-state index in [4.69, 9.17) is 10.5 Å². The lowest BCUT2D eigenvalue weighted by molar-refractivity contribution is 0.609. The summed E-state index contributed by atoms with van der Waals surface area (Å²) >= 11 is 1.41. The van der Waals surface area contributed by atoms with E-state index in [0.717, 1.165) is 17.0 Å². The van der Waals surface area contributed by atoms with Crippen molar-refractivity contribution in [3.05, 3.63) is 67.8 Å². The molecule has 2 aromatic heterocycles. The van der Waals surface area contributed by atoms with E-state index in [1.807, 2.05) is 13.0 Å². The summed E-state index contributed by atoms with van der Waals surface area (Å²) in [5.41, 5.74) is 1.43. The summed E-state index contributed by atoms with van der Waals surface area (Å²) in [5, 5.41) is 18.0. The average molecular weight is 364 g/mol. The van der Waals surface area contributed by atoms with Crippen LogP contribution < -0.4 is 5.56 Å². The Balaban J connectivity index is 1.77. The maximum absolute atomic E-state index is 14.3. The second-order valence-corrected chi connectivity index (χ2v) is 7.57. The zero-order valence-corrected chi connectivity index (χ0v) is 14.7. The highest BCUT2D eigenvalue weighted by Crippen LogP contribution is 2.48. The molecule has 1 saturated carbocycles. The number of aromatic nitrogens is 2. The van der Waals surface area contributed by atoms with Crippen molar-refractivity contribution in [1.29, 1.82) is 10.5 Å². The summed E-state index contributed by atoms with van der Waals surface area (Å²) in [6.45, 7) is 1.93. The molecule has 1 aliphatic carbocycles. The van der Waals surface area contributed by atoms with Crippen molar-refractivity contribution in [2.75, 3.05) is 0 Å². The van der Waals surface area contributed by atoms with E-state index in [-0.39, 0.29) is 29.4 Å². The number of aryl methyl sites for hydroxylation is 1. The summed E-state index contributed by atoms with van der Waals surface area (Å²) in [6.07, 6.45) is 0.910. The first kappa shape index (κ1) is 16.4. The van der Waals surface area contributed by atoms with Gasteiger partial charge in [-0.3, -0.25) is 9.20 Å². The first-order valence-corrected chi connectivity index (χ1v) is 8.94. The second kappa shape index (κ2) is 6.05. The number of halogens is 1. The molecule has 1 fully saturated rings. The van der Waals surface area contributed by atoms with E-state index in [2.05, 4.69) is 11.1 Å². The van der Waals surface area contributed by atoms with Gasteiger partial charge in [0.05, 0.1) is 23.2 Å². The molecule has 4 rings (SSSR count). The number of benzene rings is 1. The summed E-state index contributed by atoms with van der Waals surface area (Å²) in [4.78, 5) is 18.7. The van der Waals surface area contributed by atoms with Crippen molar-refractivity contribution in [2.24, 2.45) is 5.92 Å². The minimum atomic E-state index is -0.574. The fraction of sp³-hybridized carbons (Fsp3) is 0.263. The molecule has 0 N–H and O–H groups in total. The van der Waals surface area contributed by atoms with E-state index in [9.17, 15) is 9.18 Å². The molecule has 0 amide bonds. The fourth-order valence-electron chi connectivity index (χ4n) is 3.30. The highest BCUT2D eigenvalue weighted by Gasteiger charge is 2.42. The van der Waals surface area contributed by atoms with Crippen LogP contribution in [0, 0.1) is 41.3 Å². The first-order valence-electron chi connectivity index (χ1n) is 8.12. The quantitative estimate of drug-likeness (QED) is 0.714. The van der Waals surface area contributed by atoms with Gasteiger partial charge in [0, 0.05) is 29.0 Å². The molecular weight excluding hydrogens is 351 g/mol. The monoisotopic (exact) mass is 364 g/mol. The Morgan fingerprint density at radius 2 is 2.23 bits per heavy atom. The minimum absolute atomic E-state index is 0.0224. The number of rotatable bonds is 3. The second-order valence-electron chi connectivity index (χ2n) is 6.39. The van der Waals surface area contributed by atoms with Gasteiger partial charge in [-0.1, -0.05) is 12.1 Å². The molecule has 128 valence electrons. The third-order valence-corrected chi connectivity index (χ3v) is 5.64. The van der Waals surface area contributed by atoms with Gasteiger partial charge in [0.2, 0.25) is 0 Å². The topological polar surface area (TPSA) is 81.9 Å². The van der Waals surface area contributed by atoms with Crippen LogP contribution in [0.5, 0.6) is 0 Å². The molecule has 3 aromatic rings. The number of thiazole rings is 1. The molecule has 0 bridgehead atoms. The Labute approximate surface area is 152 Å². The van der Waals surface area contributed by atoms with Crippen LogP contribution in [-0.4, -0.2) is 9.38 Å². The molecule has 26 heavy (non-hydrogen) atoms. The summed E-state index contributed by atoms with van der Waals surface area (Å²) < 4.78 is 15.9. The smallest absolute Gasteiger partial charge is 0.258 e. The Bertz CT molecular complexity index is 1180. The Morgan fingerprint density at radius 3 is 2.92 bits per heavy atom. The van der Waals surface area contributed by atoms with Crippen LogP contribution in [0.25, 0.3) is 4.96 Å². The molecule has 5 nitrogen and oxygen atoms in total. The number of fused-ring (bicyclic) bond motifs is 1. The summed E-state index contributed by atoms with van der Waals surface area (Å²) in [6, 6.07) is 10.1. The molecular formula is C19H13FN4OS. The number of hydrogen-bond donors (Lipinski definition) is 0. The molecule has 7 heteroatoms. The van der Waals surface area contributed by atoms with E-state index in [1.165, 1.54) is 23.5 Å². The van der Waals surface area contributed by atoms with E-state index in [0.29, 0.717) is 16.2 Å². The molecule has 0 spiro atoms. The third kappa shape index (κ3) is 2.58. The van der Waals surface area contributed by atoms with E-state index >= 15 is 0 Å². The van der Waals surface area contributed by atoms with Crippen LogP contribution in [0.2, 0.25) is 0 Å². The van der Waals surface area contributed by atoms with Crippen LogP contribution >= 0.6 is 11.3 Å². The lowest BCUT2D eigenvalue weighted by Crippen LogP contribution is -2.17. The van der Waals surface area contributed by atoms with Crippen molar-refractivity contribution >= 4 is 16.3 Å². The van der Waals surface area contributed by atoms with Gasteiger partial charge >= 0.3 is 0 Å². The zero-order chi connectivity index (χ0) is 18.4. The van der Waals surface area contributed by atoms with Gasteiger partial charge in [-0.15, -0.1) is 11.3 Å². The van der Waals surface area contributed by atoms with Crippen LogP contribution in [0.15, 0.2) is 29.1 Å². The minimum Gasteiger partial charge on any atom is -0.269 e. The van der Waals surface area contributed by atoms with E-state index < -0.39 is 5.82 Å². The highest BCUT2D eigenvalue weighted by molar-refractivity contribution is 7.17. The van der Waals surface area contributed by atoms with Crippen molar-refractivity contribution in [2.45, 2.75) is 25.7 Å². The van der Waals surface area contributed by atoms with Gasteiger partial charge < -0.3 is 0 Å². The van der Waals surface area contributed by atoms with Crippen molar-refractivity contribution in [1.82, 2.24) is 9.38 Å². The standard InChI is InChI=1S/C19H13FN4OS/c1-10-18(15-6-13(15)9-22)24-16(25)7-14(23-19(24)26-10)5-11-3-2-4-12(8-21)17(11)20/h2-4,7,13,15H,5-6H2,1H3. The van der Waals surface area contributed by atoms with Crippen LogP contribution in [-0.2, 0) is 6.42 Å². The van der Waals surface area contributed by atoms with Crippen molar-refractivity contribution in [3.8, 4) is 12.1 Å². The van der Waals surface area contributed by atoms with E-state index in [1.54, 1.807) is 16.5 Å². The van der Waals surface area contributed by atoms with Gasteiger partial charge in [-0.2, -0.15) is 10.5 Å². The Hall–Kier alpha value is -3.03. The molecule has 2 unspecified atom stereocenters. The molecule has 0 saturated heterocycles. The first-order chi connectivity index (χ1) is 12.5. The fourth-order valence-corrected chi connectivity index (χ4v) is 4.36. The Morgan fingerprint density at radius 1 is 1.42 bits per heavy atom. The number of hydrogen-bond acceptors (Lipinski definition) is 5. The normalized spacial score (nSPS) is 18.5. The molecule has 1 aliphatic rings. The predicted molar refractivity (Wildman–Crippen MR) is 94.5 cm³/mol. The highest BCUT2D eigenvalue weighted by atomic mass is 32.1. The molecule has 0 aliphatic heterocycles. The molecule has 0 radical (unpaired) electrons. The lowest BCUT2D eigenvalue weighted by atomic mass is 10.1. The van der Waals surface area contributed by atoms with Gasteiger partial charge in [0.25, 0.3) is 5.56 Å². The van der Waals surface area contributed by atoms with Crippen molar-refractivity contribution in [3.63, 3.8) is 0 Å². The summed E-state index contributed by atoms with van der Waals surface area (Å²) in [5.74, 6) is -0.528. The number of nitrogens with zero attached hydrogens (tertiary/aromatic N) is 4. The maximum atomic E-state index is 14.3. The van der Waals surface area contributed by atoms with Crippen LogP contribution in [0.3, 0.4) is 0 Å². The predicted octanol–water partition coefficient (Wildman–Crippen LogP) is 3.29. The molecule has 1 aromatic carbocycles. The number of nitriles is 2. The zero-order valence-electron chi connectivity index (χ0n) is 13.9. The third-order valence-electron chi connectivity index (χ3n) is 4.67. The van der Waals surface area contributed by atoms with Crippen LogP contribution in [0.1, 0.15) is 39.7 Å². The van der Waals surface area contributed by atoms with Gasteiger partial charge in [-0.25, -0.2) is 9.37 Å². The molecule has 2 atom stereocenters. The van der Waals surface area contributed by atoms with Crippen LogP contribution in [0.4, 0.5) is 4.39 Å². The largest absolute Gasteiger partial charge is 0.269 e.